The summed E-state index contributed by atoms with van der Waals surface area (Å²) in [6.45, 7) is 3.18. The Morgan fingerprint density at radius 2 is 2.17 bits per heavy atom. The van der Waals surface area contributed by atoms with Gasteiger partial charge in [-0.1, -0.05) is 13.3 Å². The van der Waals surface area contributed by atoms with Gasteiger partial charge in [0.1, 0.15) is 5.82 Å². The minimum Gasteiger partial charge on any atom is -0.337 e. The molecule has 0 saturated carbocycles. The van der Waals surface area contributed by atoms with Crippen LogP contribution in [-0.2, 0) is 0 Å². The zero-order chi connectivity index (χ0) is 16.6. The molecular formula is C17H20FN3O2. The second-order valence-corrected chi connectivity index (χ2v) is 6.16. The van der Waals surface area contributed by atoms with Gasteiger partial charge in [0, 0.05) is 30.6 Å². The summed E-state index contributed by atoms with van der Waals surface area (Å²) >= 11 is 0. The summed E-state index contributed by atoms with van der Waals surface area (Å²) < 4.78 is 13.4. The summed E-state index contributed by atoms with van der Waals surface area (Å²) in [6.07, 6.45) is 2.00. The van der Waals surface area contributed by atoms with Crippen molar-refractivity contribution in [2.24, 2.45) is 11.7 Å². The van der Waals surface area contributed by atoms with E-state index in [0.717, 1.165) is 12.8 Å². The Balaban J connectivity index is 1.97. The molecule has 6 heteroatoms. The van der Waals surface area contributed by atoms with Crippen molar-refractivity contribution in [3.8, 4) is 0 Å². The molecule has 1 saturated heterocycles. The predicted molar refractivity (Wildman–Crippen MR) is 86.8 cm³/mol. The number of rotatable bonds is 3. The molecule has 3 rings (SSSR count). The van der Waals surface area contributed by atoms with Gasteiger partial charge in [0.15, 0.2) is 0 Å². The number of nitrogens with zero attached hydrogens (tertiary/aromatic N) is 1. The van der Waals surface area contributed by atoms with Gasteiger partial charge in [-0.3, -0.25) is 9.59 Å². The Hall–Kier alpha value is -2.21. The van der Waals surface area contributed by atoms with Gasteiger partial charge < -0.3 is 15.6 Å². The summed E-state index contributed by atoms with van der Waals surface area (Å²) in [5.41, 5.74) is 6.33. The maximum absolute atomic E-state index is 13.4. The molecular weight excluding hydrogens is 297 g/mol. The first-order chi connectivity index (χ1) is 11.0. The number of carbonyl (C=O) groups is 1. The van der Waals surface area contributed by atoms with Gasteiger partial charge in [-0.15, -0.1) is 0 Å². The minimum atomic E-state index is -0.455. The first-order valence-electron chi connectivity index (χ1n) is 7.87. The van der Waals surface area contributed by atoms with Gasteiger partial charge in [-0.25, -0.2) is 4.39 Å². The molecule has 0 aliphatic carbocycles. The van der Waals surface area contributed by atoms with Gasteiger partial charge in [0.05, 0.1) is 11.1 Å². The summed E-state index contributed by atoms with van der Waals surface area (Å²) in [5.74, 6) is -0.389. The van der Waals surface area contributed by atoms with Crippen molar-refractivity contribution < 1.29 is 9.18 Å². The zero-order valence-electron chi connectivity index (χ0n) is 13.0. The molecule has 0 radical (unpaired) electrons. The smallest absolute Gasteiger partial charge is 0.254 e. The third kappa shape index (κ3) is 2.99. The van der Waals surface area contributed by atoms with E-state index < -0.39 is 11.4 Å². The fourth-order valence-corrected chi connectivity index (χ4v) is 3.32. The molecule has 1 aromatic heterocycles. The number of halogens is 1. The van der Waals surface area contributed by atoms with Crippen LogP contribution in [0.1, 0.15) is 30.1 Å². The van der Waals surface area contributed by atoms with Crippen molar-refractivity contribution in [1.29, 1.82) is 0 Å². The summed E-state index contributed by atoms with van der Waals surface area (Å²) in [7, 11) is 0. The van der Waals surface area contributed by atoms with Crippen LogP contribution in [0, 0.1) is 11.7 Å². The van der Waals surface area contributed by atoms with Gasteiger partial charge in [0.25, 0.3) is 5.91 Å². The highest BCUT2D eigenvalue weighted by Gasteiger charge is 2.33. The van der Waals surface area contributed by atoms with Crippen molar-refractivity contribution in [2.75, 3.05) is 13.1 Å². The van der Waals surface area contributed by atoms with E-state index in [9.17, 15) is 14.0 Å². The molecule has 1 amide bonds. The summed E-state index contributed by atoms with van der Waals surface area (Å²) in [5, 5.41) is 0.545. The van der Waals surface area contributed by atoms with Crippen LogP contribution in [0.25, 0.3) is 10.9 Å². The van der Waals surface area contributed by atoms with Crippen LogP contribution in [0.4, 0.5) is 4.39 Å². The number of carbonyl (C=O) groups excluding carboxylic acids is 1. The number of aromatic amines is 1. The van der Waals surface area contributed by atoms with E-state index in [1.165, 1.54) is 24.3 Å². The molecule has 1 aliphatic rings. The van der Waals surface area contributed by atoms with Crippen molar-refractivity contribution in [3.05, 3.63) is 46.0 Å². The van der Waals surface area contributed by atoms with Crippen molar-refractivity contribution in [3.63, 3.8) is 0 Å². The van der Waals surface area contributed by atoms with E-state index in [2.05, 4.69) is 11.9 Å². The van der Waals surface area contributed by atoms with Crippen molar-refractivity contribution >= 4 is 16.8 Å². The second kappa shape index (κ2) is 6.12. The Labute approximate surface area is 133 Å². The SMILES string of the molecule is CCC[C@H]1CN(C(=O)c2cc(=O)[nH]c3cc(F)ccc23)C[C@@H]1N. The third-order valence-electron chi connectivity index (χ3n) is 4.47. The van der Waals surface area contributed by atoms with Gasteiger partial charge in [-0.2, -0.15) is 0 Å². The number of benzene rings is 1. The largest absolute Gasteiger partial charge is 0.337 e. The van der Waals surface area contributed by atoms with E-state index >= 15 is 0 Å². The Morgan fingerprint density at radius 3 is 2.91 bits per heavy atom. The van der Waals surface area contributed by atoms with Gasteiger partial charge >= 0.3 is 0 Å². The number of fused-ring (bicyclic) bond motifs is 1. The molecule has 0 spiro atoms. The number of likely N-dealkylation sites (tertiary alicyclic amines) is 1. The number of pyridine rings is 1. The quantitative estimate of drug-likeness (QED) is 0.907. The number of H-pyrrole nitrogens is 1. The normalized spacial score (nSPS) is 21.1. The molecule has 2 atom stereocenters. The van der Waals surface area contributed by atoms with E-state index in [0.29, 0.717) is 29.6 Å². The standard InChI is InChI=1S/C17H20FN3O2/c1-2-3-10-8-21(9-14(10)19)17(23)13-7-16(22)20-15-6-11(18)4-5-12(13)15/h4-7,10,14H,2-3,8-9,19H2,1H3,(H,20,22)/t10-,14-/m0/s1. The molecule has 3 N–H and O–H groups in total. The number of aromatic nitrogens is 1. The fourth-order valence-electron chi connectivity index (χ4n) is 3.32. The van der Waals surface area contributed by atoms with Crippen LogP contribution in [0.3, 0.4) is 0 Å². The van der Waals surface area contributed by atoms with Crippen molar-refractivity contribution in [2.45, 2.75) is 25.8 Å². The van der Waals surface area contributed by atoms with Gasteiger partial charge in [0.2, 0.25) is 5.56 Å². The lowest BCUT2D eigenvalue weighted by Gasteiger charge is -2.17. The number of hydrogen-bond donors (Lipinski definition) is 2. The number of nitrogens with two attached hydrogens (primary N) is 1. The molecule has 2 heterocycles. The zero-order valence-corrected chi connectivity index (χ0v) is 13.0. The average Bonchev–Trinajstić information content (AvgIpc) is 2.87. The highest BCUT2D eigenvalue weighted by atomic mass is 19.1. The Morgan fingerprint density at radius 1 is 1.39 bits per heavy atom. The molecule has 1 fully saturated rings. The highest BCUT2D eigenvalue weighted by molar-refractivity contribution is 6.06. The van der Waals surface area contributed by atoms with Crippen LogP contribution < -0.4 is 11.3 Å². The Bertz CT molecular complexity index is 802. The van der Waals surface area contributed by atoms with Gasteiger partial charge in [-0.05, 0) is 30.5 Å². The third-order valence-corrected chi connectivity index (χ3v) is 4.47. The molecule has 23 heavy (non-hydrogen) atoms. The van der Waals surface area contributed by atoms with Crippen LogP contribution in [0.15, 0.2) is 29.1 Å². The molecule has 1 aromatic carbocycles. The second-order valence-electron chi connectivity index (χ2n) is 6.16. The topological polar surface area (TPSA) is 79.2 Å². The summed E-state index contributed by atoms with van der Waals surface area (Å²) in [6, 6.07) is 5.27. The Kier molecular flexibility index (Phi) is 4.17. The van der Waals surface area contributed by atoms with Crippen molar-refractivity contribution in [1.82, 2.24) is 9.88 Å². The molecule has 0 unspecified atom stereocenters. The highest BCUT2D eigenvalue weighted by Crippen LogP contribution is 2.24. The van der Waals surface area contributed by atoms with Crippen LogP contribution in [0.2, 0.25) is 0 Å². The maximum atomic E-state index is 13.4. The molecule has 5 nitrogen and oxygen atoms in total. The molecule has 1 aliphatic heterocycles. The first kappa shape index (κ1) is 15.7. The predicted octanol–water partition coefficient (Wildman–Crippen LogP) is 1.87. The van der Waals surface area contributed by atoms with E-state index in [1.807, 2.05) is 0 Å². The summed E-state index contributed by atoms with van der Waals surface area (Å²) in [4.78, 5) is 28.9. The lowest BCUT2D eigenvalue weighted by Crippen LogP contribution is -2.33. The van der Waals surface area contributed by atoms with E-state index in [1.54, 1.807) is 4.90 Å². The monoisotopic (exact) mass is 317 g/mol. The number of amides is 1. The molecule has 2 aromatic rings. The number of hydrogen-bond acceptors (Lipinski definition) is 3. The van der Waals surface area contributed by atoms with Crippen LogP contribution >= 0.6 is 0 Å². The maximum Gasteiger partial charge on any atom is 0.254 e. The van der Waals surface area contributed by atoms with E-state index in [4.69, 9.17) is 5.73 Å². The minimum absolute atomic E-state index is 0.0374. The molecule has 0 bridgehead atoms. The van der Waals surface area contributed by atoms with Crippen LogP contribution in [0.5, 0.6) is 0 Å². The lowest BCUT2D eigenvalue weighted by atomic mass is 9.99. The fraction of sp³-hybridized carbons (Fsp3) is 0.412. The number of nitrogens with one attached hydrogen (secondary N) is 1. The lowest BCUT2D eigenvalue weighted by molar-refractivity contribution is 0.0787. The van der Waals surface area contributed by atoms with Crippen LogP contribution in [-0.4, -0.2) is 34.9 Å². The average molecular weight is 317 g/mol. The molecule has 122 valence electrons. The first-order valence-corrected chi connectivity index (χ1v) is 7.87. The van der Waals surface area contributed by atoms with E-state index in [-0.39, 0.29) is 17.9 Å².